The van der Waals surface area contributed by atoms with E-state index in [4.69, 9.17) is 4.74 Å². The molecule has 2 aromatic carbocycles. The molecular formula is C21H23NO3. The Bertz CT molecular complexity index is 660. The largest absolute Gasteiger partial charge is 0.452 e. The number of benzene rings is 2. The highest BCUT2D eigenvalue weighted by Gasteiger charge is 2.29. The third kappa shape index (κ3) is 4.69. The minimum Gasteiger partial charge on any atom is -0.452 e. The van der Waals surface area contributed by atoms with Crippen LogP contribution in [0.5, 0.6) is 0 Å². The molecule has 1 fully saturated rings. The fourth-order valence-corrected chi connectivity index (χ4v) is 3.24. The van der Waals surface area contributed by atoms with Gasteiger partial charge in [0.25, 0.3) is 5.91 Å². The van der Waals surface area contributed by atoms with Gasteiger partial charge in [-0.1, -0.05) is 60.7 Å². The predicted molar refractivity (Wildman–Crippen MR) is 96.1 cm³/mol. The van der Waals surface area contributed by atoms with Crippen LogP contribution in [0.3, 0.4) is 0 Å². The molecule has 1 aliphatic heterocycles. The van der Waals surface area contributed by atoms with E-state index in [2.05, 4.69) is 53.8 Å². The highest BCUT2D eigenvalue weighted by atomic mass is 16.6. The van der Waals surface area contributed by atoms with Crippen molar-refractivity contribution in [2.45, 2.75) is 37.7 Å². The van der Waals surface area contributed by atoms with Gasteiger partial charge in [0, 0.05) is 25.3 Å². The number of carbonyl (C=O) groups excluding carboxylic acids is 2. The van der Waals surface area contributed by atoms with Crippen molar-refractivity contribution in [3.8, 4) is 0 Å². The molecule has 0 radical (unpaired) electrons. The first-order chi connectivity index (χ1) is 12.2. The molecule has 1 saturated heterocycles. The first-order valence-corrected chi connectivity index (χ1v) is 8.81. The molecule has 1 N–H and O–H groups in total. The van der Waals surface area contributed by atoms with E-state index in [9.17, 15) is 9.59 Å². The number of hydrogen-bond acceptors (Lipinski definition) is 3. The summed E-state index contributed by atoms with van der Waals surface area (Å²) in [5, 5.41) is 2.89. The van der Waals surface area contributed by atoms with E-state index in [0.717, 1.165) is 12.8 Å². The van der Waals surface area contributed by atoms with Crippen molar-refractivity contribution in [2.24, 2.45) is 0 Å². The summed E-state index contributed by atoms with van der Waals surface area (Å²) in [7, 11) is 0. The van der Waals surface area contributed by atoms with Crippen LogP contribution in [-0.2, 0) is 14.3 Å². The standard InChI is InChI=1S/C21H23NO3/c23-20-14-13-19(25-20)21(24)22-15-7-12-18(16-8-3-1-4-9-16)17-10-5-2-6-11-17/h1-6,8-11,18-19H,7,12-15H2,(H,22,24)/t19-/m1/s1. The highest BCUT2D eigenvalue weighted by molar-refractivity contribution is 5.86. The van der Waals surface area contributed by atoms with Gasteiger partial charge in [0.2, 0.25) is 0 Å². The van der Waals surface area contributed by atoms with Crippen molar-refractivity contribution < 1.29 is 14.3 Å². The van der Waals surface area contributed by atoms with Gasteiger partial charge in [0.15, 0.2) is 6.10 Å². The normalized spacial score (nSPS) is 16.7. The van der Waals surface area contributed by atoms with Crippen molar-refractivity contribution in [1.29, 1.82) is 0 Å². The predicted octanol–water partition coefficient (Wildman–Crippen LogP) is 3.42. The van der Waals surface area contributed by atoms with Crippen LogP contribution >= 0.6 is 0 Å². The molecule has 0 unspecified atom stereocenters. The molecule has 0 spiro atoms. The van der Waals surface area contributed by atoms with Crippen molar-refractivity contribution in [2.75, 3.05) is 6.54 Å². The van der Waals surface area contributed by atoms with Crippen LogP contribution in [0.1, 0.15) is 42.7 Å². The molecule has 0 aromatic heterocycles. The van der Waals surface area contributed by atoms with Gasteiger partial charge in [-0.05, 0) is 24.0 Å². The molecule has 1 heterocycles. The minimum atomic E-state index is -0.605. The zero-order chi connectivity index (χ0) is 17.5. The van der Waals surface area contributed by atoms with Gasteiger partial charge >= 0.3 is 5.97 Å². The second kappa shape index (κ2) is 8.47. The van der Waals surface area contributed by atoms with Gasteiger partial charge in [-0.25, -0.2) is 0 Å². The topological polar surface area (TPSA) is 55.4 Å². The smallest absolute Gasteiger partial charge is 0.306 e. The molecule has 4 heteroatoms. The quantitative estimate of drug-likeness (QED) is 0.622. The first-order valence-electron chi connectivity index (χ1n) is 8.81. The third-order valence-electron chi connectivity index (χ3n) is 4.55. The SMILES string of the molecule is O=C1CC[C@H](C(=O)NCCCC(c2ccccc2)c2ccccc2)O1. The van der Waals surface area contributed by atoms with E-state index in [1.807, 2.05) is 12.1 Å². The molecule has 1 aliphatic rings. The van der Waals surface area contributed by atoms with Crippen LogP contribution in [-0.4, -0.2) is 24.5 Å². The van der Waals surface area contributed by atoms with Crippen LogP contribution in [0.15, 0.2) is 60.7 Å². The van der Waals surface area contributed by atoms with E-state index in [1.165, 1.54) is 11.1 Å². The number of nitrogens with one attached hydrogen (secondary N) is 1. The lowest BCUT2D eigenvalue weighted by Crippen LogP contribution is -2.35. The molecule has 0 bridgehead atoms. The molecule has 2 aromatic rings. The number of esters is 1. The van der Waals surface area contributed by atoms with Gasteiger partial charge in [-0.2, -0.15) is 0 Å². The number of carbonyl (C=O) groups is 2. The van der Waals surface area contributed by atoms with Crippen molar-refractivity contribution in [1.82, 2.24) is 5.32 Å². The van der Waals surface area contributed by atoms with Gasteiger partial charge in [0.05, 0.1) is 0 Å². The summed E-state index contributed by atoms with van der Waals surface area (Å²) in [5.41, 5.74) is 2.56. The maximum Gasteiger partial charge on any atom is 0.306 e. The summed E-state index contributed by atoms with van der Waals surface area (Å²) in [5.74, 6) is -0.154. The van der Waals surface area contributed by atoms with E-state index < -0.39 is 6.10 Å². The maximum absolute atomic E-state index is 12.0. The molecule has 0 saturated carbocycles. The number of hydrogen-bond donors (Lipinski definition) is 1. The third-order valence-corrected chi connectivity index (χ3v) is 4.55. The lowest BCUT2D eigenvalue weighted by Gasteiger charge is -2.18. The Balaban J connectivity index is 1.55. The van der Waals surface area contributed by atoms with Crippen LogP contribution in [0.25, 0.3) is 0 Å². The molecule has 0 aliphatic carbocycles. The number of amides is 1. The fourth-order valence-electron chi connectivity index (χ4n) is 3.24. The van der Waals surface area contributed by atoms with Crippen LogP contribution in [0, 0.1) is 0 Å². The molecule has 1 atom stereocenters. The van der Waals surface area contributed by atoms with Crippen LogP contribution in [0.4, 0.5) is 0 Å². The molecule has 4 nitrogen and oxygen atoms in total. The summed E-state index contributed by atoms with van der Waals surface area (Å²) in [6.07, 6.45) is 2.02. The van der Waals surface area contributed by atoms with Crippen molar-refractivity contribution >= 4 is 11.9 Å². The second-order valence-electron chi connectivity index (χ2n) is 6.32. The molecular weight excluding hydrogens is 314 g/mol. The Morgan fingerprint density at radius 2 is 1.64 bits per heavy atom. The average molecular weight is 337 g/mol. The van der Waals surface area contributed by atoms with E-state index >= 15 is 0 Å². The Hall–Kier alpha value is -2.62. The Labute approximate surface area is 148 Å². The second-order valence-corrected chi connectivity index (χ2v) is 6.32. The molecule has 1 amide bonds. The highest BCUT2D eigenvalue weighted by Crippen LogP contribution is 2.28. The Morgan fingerprint density at radius 3 is 2.16 bits per heavy atom. The summed E-state index contributed by atoms with van der Waals surface area (Å²) >= 11 is 0. The van der Waals surface area contributed by atoms with Crippen molar-refractivity contribution in [3.63, 3.8) is 0 Å². The zero-order valence-electron chi connectivity index (χ0n) is 14.2. The van der Waals surface area contributed by atoms with Gasteiger partial charge in [-0.3, -0.25) is 9.59 Å². The molecule has 3 rings (SSSR count). The Morgan fingerprint density at radius 1 is 1.04 bits per heavy atom. The summed E-state index contributed by atoms with van der Waals surface area (Å²) in [6, 6.07) is 20.9. The molecule has 130 valence electrons. The summed E-state index contributed by atoms with van der Waals surface area (Å²) in [6.45, 7) is 0.586. The molecule has 25 heavy (non-hydrogen) atoms. The van der Waals surface area contributed by atoms with Gasteiger partial charge < -0.3 is 10.1 Å². The lowest BCUT2D eigenvalue weighted by atomic mass is 9.87. The average Bonchev–Trinajstić information content (AvgIpc) is 3.09. The Kier molecular flexibility index (Phi) is 5.83. The fraction of sp³-hybridized carbons (Fsp3) is 0.333. The van der Waals surface area contributed by atoms with Gasteiger partial charge in [0.1, 0.15) is 0 Å². The maximum atomic E-state index is 12.0. The van der Waals surface area contributed by atoms with Crippen LogP contribution in [0.2, 0.25) is 0 Å². The van der Waals surface area contributed by atoms with Crippen LogP contribution < -0.4 is 5.32 Å². The van der Waals surface area contributed by atoms with Crippen molar-refractivity contribution in [3.05, 3.63) is 71.8 Å². The number of ether oxygens (including phenoxy) is 1. The summed E-state index contributed by atoms with van der Waals surface area (Å²) in [4.78, 5) is 23.1. The lowest BCUT2D eigenvalue weighted by molar-refractivity contribution is -0.148. The number of rotatable bonds is 7. The van der Waals surface area contributed by atoms with E-state index in [0.29, 0.717) is 25.3 Å². The summed E-state index contributed by atoms with van der Waals surface area (Å²) < 4.78 is 4.99. The first kappa shape index (κ1) is 17.2. The number of cyclic esters (lactones) is 1. The van der Waals surface area contributed by atoms with Gasteiger partial charge in [-0.15, -0.1) is 0 Å². The van der Waals surface area contributed by atoms with E-state index in [-0.39, 0.29) is 11.9 Å². The monoisotopic (exact) mass is 337 g/mol. The minimum absolute atomic E-state index is 0.179. The zero-order valence-corrected chi connectivity index (χ0v) is 14.2. The van der Waals surface area contributed by atoms with E-state index in [1.54, 1.807) is 0 Å².